The lowest BCUT2D eigenvalue weighted by Gasteiger charge is -2.08. The van der Waals surface area contributed by atoms with Crippen molar-refractivity contribution in [1.82, 2.24) is 9.97 Å². The maximum absolute atomic E-state index is 12.4. The van der Waals surface area contributed by atoms with Gasteiger partial charge in [-0.15, -0.1) is 0 Å². The smallest absolute Gasteiger partial charge is 0.274 e. The first kappa shape index (κ1) is 15.1. The van der Waals surface area contributed by atoms with E-state index in [1.54, 1.807) is 24.3 Å². The third kappa shape index (κ3) is 3.50. The zero-order valence-electron chi connectivity index (χ0n) is 13.0. The quantitative estimate of drug-likeness (QED) is 0.882. The van der Waals surface area contributed by atoms with Crippen molar-refractivity contribution in [3.8, 4) is 11.5 Å². The number of hydrogen-bond acceptors (Lipinski definition) is 6. The van der Waals surface area contributed by atoms with Crippen molar-refractivity contribution in [2.45, 2.75) is 20.3 Å². The number of nitrogens with zero attached hydrogens (tertiary/aromatic N) is 2. The average molecular weight is 314 g/mol. The Balaban J connectivity index is 1.76. The van der Waals surface area contributed by atoms with Gasteiger partial charge in [0.05, 0.1) is 0 Å². The summed E-state index contributed by atoms with van der Waals surface area (Å²) in [5.74, 6) is 1.45. The summed E-state index contributed by atoms with van der Waals surface area (Å²) < 4.78 is 10.5. The molecule has 0 saturated carbocycles. The number of carbonyl (C=O) groups is 1. The molecule has 2 heterocycles. The topological polar surface area (TPSA) is 85.4 Å². The lowest BCUT2D eigenvalue weighted by molar-refractivity contribution is 0.102. The molecule has 120 valence electrons. The van der Waals surface area contributed by atoms with E-state index in [-0.39, 0.29) is 12.7 Å². The molecule has 0 bridgehead atoms. The summed E-state index contributed by atoms with van der Waals surface area (Å²) in [5, 5.41) is 5.90. The average Bonchev–Trinajstić information content (AvgIpc) is 3.00. The zero-order chi connectivity index (χ0) is 16.2. The molecule has 0 fully saturated rings. The van der Waals surface area contributed by atoms with Crippen LogP contribution >= 0.6 is 0 Å². The number of ether oxygens (including phenoxy) is 2. The SMILES string of the molecule is CCCNc1nc(C)cc(C(=O)Nc2ccc3c(c2)OCO3)n1. The lowest BCUT2D eigenvalue weighted by Crippen LogP contribution is -2.16. The molecule has 1 aliphatic rings. The number of nitrogens with one attached hydrogen (secondary N) is 2. The van der Waals surface area contributed by atoms with Gasteiger partial charge in [0, 0.05) is 24.0 Å². The number of rotatable bonds is 5. The predicted octanol–water partition coefficient (Wildman–Crippen LogP) is 2.59. The van der Waals surface area contributed by atoms with E-state index in [9.17, 15) is 4.79 Å². The molecule has 1 aromatic carbocycles. The fourth-order valence-corrected chi connectivity index (χ4v) is 2.17. The molecule has 1 amide bonds. The van der Waals surface area contributed by atoms with Crippen LogP contribution in [0.1, 0.15) is 29.5 Å². The van der Waals surface area contributed by atoms with Crippen molar-refractivity contribution in [2.75, 3.05) is 24.0 Å². The molecule has 0 radical (unpaired) electrons. The lowest BCUT2D eigenvalue weighted by atomic mass is 10.2. The molecular weight excluding hydrogens is 296 g/mol. The van der Waals surface area contributed by atoms with Crippen LogP contribution in [-0.2, 0) is 0 Å². The van der Waals surface area contributed by atoms with E-state index in [1.807, 2.05) is 6.92 Å². The van der Waals surface area contributed by atoms with Gasteiger partial charge in [0.2, 0.25) is 12.7 Å². The second-order valence-corrected chi connectivity index (χ2v) is 5.17. The zero-order valence-corrected chi connectivity index (χ0v) is 13.0. The Morgan fingerprint density at radius 3 is 2.87 bits per heavy atom. The van der Waals surface area contributed by atoms with Gasteiger partial charge in [-0.05, 0) is 31.5 Å². The second-order valence-electron chi connectivity index (χ2n) is 5.17. The van der Waals surface area contributed by atoms with Crippen molar-refractivity contribution >= 4 is 17.5 Å². The summed E-state index contributed by atoms with van der Waals surface area (Å²) in [4.78, 5) is 20.9. The van der Waals surface area contributed by atoms with Crippen LogP contribution in [0.3, 0.4) is 0 Å². The van der Waals surface area contributed by atoms with Crippen LogP contribution in [0.15, 0.2) is 24.3 Å². The van der Waals surface area contributed by atoms with E-state index in [0.29, 0.717) is 28.8 Å². The first-order valence-corrected chi connectivity index (χ1v) is 7.46. The summed E-state index contributed by atoms with van der Waals surface area (Å²) in [6.45, 7) is 4.84. The van der Waals surface area contributed by atoms with Gasteiger partial charge < -0.3 is 20.1 Å². The Bertz CT molecular complexity index is 733. The Hall–Kier alpha value is -2.83. The minimum atomic E-state index is -0.297. The summed E-state index contributed by atoms with van der Waals surface area (Å²) >= 11 is 0. The molecule has 3 rings (SSSR count). The summed E-state index contributed by atoms with van der Waals surface area (Å²) in [6, 6.07) is 6.90. The highest BCUT2D eigenvalue weighted by Crippen LogP contribution is 2.34. The van der Waals surface area contributed by atoms with Gasteiger partial charge in [0.25, 0.3) is 5.91 Å². The standard InChI is InChI=1S/C16H18N4O3/c1-3-6-17-16-18-10(2)7-12(20-16)15(21)19-11-4-5-13-14(8-11)23-9-22-13/h4-5,7-8H,3,6,9H2,1-2H3,(H,19,21)(H,17,18,20). The largest absolute Gasteiger partial charge is 0.454 e. The molecule has 0 aliphatic carbocycles. The fourth-order valence-electron chi connectivity index (χ4n) is 2.17. The summed E-state index contributed by atoms with van der Waals surface area (Å²) in [6.07, 6.45) is 0.954. The Morgan fingerprint density at radius 2 is 2.04 bits per heavy atom. The normalized spacial score (nSPS) is 12.1. The molecule has 23 heavy (non-hydrogen) atoms. The molecular formula is C16H18N4O3. The van der Waals surface area contributed by atoms with Crippen LogP contribution in [-0.4, -0.2) is 29.2 Å². The molecule has 2 aromatic rings. The highest BCUT2D eigenvalue weighted by molar-refractivity contribution is 6.03. The van der Waals surface area contributed by atoms with E-state index in [4.69, 9.17) is 9.47 Å². The number of aryl methyl sites for hydroxylation is 1. The third-order valence-electron chi connectivity index (χ3n) is 3.25. The van der Waals surface area contributed by atoms with Gasteiger partial charge in [0.1, 0.15) is 5.69 Å². The maximum Gasteiger partial charge on any atom is 0.274 e. The molecule has 7 heteroatoms. The highest BCUT2D eigenvalue weighted by Gasteiger charge is 2.16. The van der Waals surface area contributed by atoms with Crippen LogP contribution in [0.2, 0.25) is 0 Å². The first-order chi connectivity index (χ1) is 11.2. The number of aromatic nitrogens is 2. The number of amides is 1. The van der Waals surface area contributed by atoms with Gasteiger partial charge >= 0.3 is 0 Å². The van der Waals surface area contributed by atoms with Crippen LogP contribution in [0.4, 0.5) is 11.6 Å². The number of carbonyl (C=O) groups excluding carboxylic acids is 1. The fraction of sp³-hybridized carbons (Fsp3) is 0.312. The molecule has 7 nitrogen and oxygen atoms in total. The number of anilines is 2. The molecule has 2 N–H and O–H groups in total. The molecule has 1 aromatic heterocycles. The van der Waals surface area contributed by atoms with Gasteiger partial charge in [-0.25, -0.2) is 9.97 Å². The van der Waals surface area contributed by atoms with Gasteiger partial charge in [-0.2, -0.15) is 0 Å². The molecule has 0 spiro atoms. The molecule has 0 atom stereocenters. The number of benzene rings is 1. The van der Waals surface area contributed by atoms with Crippen LogP contribution in [0, 0.1) is 6.92 Å². The van der Waals surface area contributed by atoms with E-state index in [0.717, 1.165) is 18.7 Å². The van der Waals surface area contributed by atoms with Gasteiger partial charge in [-0.3, -0.25) is 4.79 Å². The van der Waals surface area contributed by atoms with Crippen molar-refractivity contribution in [3.05, 3.63) is 35.7 Å². The minimum absolute atomic E-state index is 0.199. The van der Waals surface area contributed by atoms with Crippen molar-refractivity contribution in [2.24, 2.45) is 0 Å². The summed E-state index contributed by atoms with van der Waals surface area (Å²) in [7, 11) is 0. The van der Waals surface area contributed by atoms with Crippen LogP contribution < -0.4 is 20.1 Å². The van der Waals surface area contributed by atoms with Crippen LogP contribution in [0.25, 0.3) is 0 Å². The molecule has 1 aliphatic heterocycles. The highest BCUT2D eigenvalue weighted by atomic mass is 16.7. The molecule has 0 saturated heterocycles. The monoisotopic (exact) mass is 314 g/mol. The van der Waals surface area contributed by atoms with Crippen molar-refractivity contribution in [3.63, 3.8) is 0 Å². The predicted molar refractivity (Wildman–Crippen MR) is 86.1 cm³/mol. The van der Waals surface area contributed by atoms with Gasteiger partial charge in [0.15, 0.2) is 11.5 Å². The van der Waals surface area contributed by atoms with E-state index in [1.165, 1.54) is 0 Å². The first-order valence-electron chi connectivity index (χ1n) is 7.46. The molecule has 0 unspecified atom stereocenters. The number of hydrogen-bond donors (Lipinski definition) is 2. The van der Waals surface area contributed by atoms with Crippen molar-refractivity contribution < 1.29 is 14.3 Å². The van der Waals surface area contributed by atoms with E-state index in [2.05, 4.69) is 27.5 Å². The Morgan fingerprint density at radius 1 is 1.22 bits per heavy atom. The van der Waals surface area contributed by atoms with E-state index >= 15 is 0 Å². The second kappa shape index (κ2) is 6.51. The Kier molecular flexibility index (Phi) is 4.27. The number of fused-ring (bicyclic) bond motifs is 1. The van der Waals surface area contributed by atoms with E-state index < -0.39 is 0 Å². The maximum atomic E-state index is 12.4. The Labute approximate surface area is 134 Å². The minimum Gasteiger partial charge on any atom is -0.454 e. The van der Waals surface area contributed by atoms with Crippen molar-refractivity contribution in [1.29, 1.82) is 0 Å². The van der Waals surface area contributed by atoms with Gasteiger partial charge in [-0.1, -0.05) is 6.92 Å². The third-order valence-corrected chi connectivity index (χ3v) is 3.25. The summed E-state index contributed by atoms with van der Waals surface area (Å²) in [5.41, 5.74) is 1.67. The van der Waals surface area contributed by atoms with Crippen LogP contribution in [0.5, 0.6) is 11.5 Å².